The fourth-order valence-electron chi connectivity index (χ4n) is 11.2. The second-order valence-electron chi connectivity index (χ2n) is 19.8. The standard InChI is InChI=1S/C28H38N4O2.C14H21N3.C14H17NO3/c1-34-28(33)26(22-6-3-2-4-7-22)32-18-13-25(14-19-32)31-16-11-21(12-17-31)20-24-10-9-23-8-5-15-29-27(23)30-24;1-2-12-3-4-13(17-14(12)16-7-1)10-11-5-8-15-9-6-11;1-18-14(17)13(11-5-3-2-4-6-11)15-9-7-12(16)8-10-15/h2-4,6-7,9-10,21,25-26H,5,8,11-20H2,1H3,(H,29,30);3-4,11,15H,1-2,5-10H2,(H,16,17);2-6,13H,7-10H2,1H3. The lowest BCUT2D eigenvalue weighted by Gasteiger charge is -2.43. The Morgan fingerprint density at radius 1 is 0.565 bits per heavy atom. The summed E-state index contributed by atoms with van der Waals surface area (Å²) in [6, 6.07) is 28.6. The van der Waals surface area contributed by atoms with E-state index >= 15 is 0 Å². The molecule has 6 aliphatic heterocycles. The maximum absolute atomic E-state index is 12.6. The van der Waals surface area contributed by atoms with Gasteiger partial charge in [0.2, 0.25) is 0 Å². The van der Waals surface area contributed by atoms with Gasteiger partial charge in [0.1, 0.15) is 29.5 Å². The van der Waals surface area contributed by atoms with Crippen LogP contribution < -0.4 is 16.0 Å². The Kier molecular flexibility index (Phi) is 18.6. The highest BCUT2D eigenvalue weighted by Crippen LogP contribution is 2.32. The summed E-state index contributed by atoms with van der Waals surface area (Å²) in [5.41, 5.74) is 7.22. The number of aryl methyl sites for hydroxylation is 2. The number of hydrogen-bond acceptors (Lipinski definition) is 13. The Morgan fingerprint density at radius 2 is 1.03 bits per heavy atom. The number of pyridine rings is 2. The molecule has 6 aliphatic rings. The van der Waals surface area contributed by atoms with Crippen molar-refractivity contribution in [3.63, 3.8) is 0 Å². The number of rotatable bonds is 11. The Morgan fingerprint density at radius 3 is 1.51 bits per heavy atom. The summed E-state index contributed by atoms with van der Waals surface area (Å²) in [7, 11) is 2.89. The van der Waals surface area contributed by atoms with Crippen molar-refractivity contribution in [3.05, 3.63) is 119 Å². The fraction of sp³-hybridized carbons (Fsp3) is 0.554. The molecule has 69 heavy (non-hydrogen) atoms. The number of Topliss-reactive ketones (excluding diaryl/α,β-unsaturated/α-hetero) is 1. The lowest BCUT2D eigenvalue weighted by molar-refractivity contribution is -0.149. The van der Waals surface area contributed by atoms with E-state index in [0.29, 0.717) is 32.0 Å². The van der Waals surface area contributed by atoms with Crippen LogP contribution in [0.25, 0.3) is 0 Å². The van der Waals surface area contributed by atoms with Gasteiger partial charge in [-0.2, -0.15) is 0 Å². The first kappa shape index (κ1) is 50.2. The van der Waals surface area contributed by atoms with Gasteiger partial charge in [0.15, 0.2) is 0 Å². The van der Waals surface area contributed by atoms with E-state index < -0.39 is 6.04 Å². The number of anilines is 2. The summed E-state index contributed by atoms with van der Waals surface area (Å²) in [4.78, 5) is 52.5. The number of nitrogens with one attached hydrogen (secondary N) is 3. The van der Waals surface area contributed by atoms with E-state index in [1.807, 2.05) is 65.6 Å². The van der Waals surface area contributed by atoms with Gasteiger partial charge in [0.05, 0.1) is 14.2 Å². The summed E-state index contributed by atoms with van der Waals surface area (Å²) < 4.78 is 10.0. The molecule has 2 aromatic heterocycles. The Hall–Kier alpha value is -5.21. The van der Waals surface area contributed by atoms with Crippen molar-refractivity contribution < 1.29 is 23.9 Å². The average molecular weight is 941 g/mol. The topological polar surface area (TPSA) is 141 Å². The largest absolute Gasteiger partial charge is 0.468 e. The Balaban J connectivity index is 0.000000154. The van der Waals surface area contributed by atoms with Gasteiger partial charge in [-0.1, -0.05) is 72.8 Å². The highest BCUT2D eigenvalue weighted by Gasteiger charge is 2.35. The van der Waals surface area contributed by atoms with Gasteiger partial charge in [-0.15, -0.1) is 0 Å². The molecule has 0 aliphatic carbocycles. The third kappa shape index (κ3) is 14.0. The number of aromatic nitrogens is 2. The number of methoxy groups -OCH3 is 2. The monoisotopic (exact) mass is 941 g/mol. The van der Waals surface area contributed by atoms with Crippen LogP contribution in [0.5, 0.6) is 0 Å². The zero-order valence-electron chi connectivity index (χ0n) is 41.2. The van der Waals surface area contributed by atoms with Crippen LogP contribution in [0, 0.1) is 11.8 Å². The van der Waals surface area contributed by atoms with E-state index in [1.54, 1.807) is 0 Å². The first-order chi connectivity index (χ1) is 33.8. The van der Waals surface area contributed by atoms with Crippen LogP contribution >= 0.6 is 0 Å². The molecule has 2 unspecified atom stereocenters. The number of ether oxygens (including phenoxy) is 2. The number of likely N-dealkylation sites (tertiary alicyclic amines) is 3. The van der Waals surface area contributed by atoms with Crippen molar-refractivity contribution in [1.29, 1.82) is 0 Å². The minimum atomic E-state index is -0.399. The Bertz CT molecular complexity index is 2230. The van der Waals surface area contributed by atoms with Gasteiger partial charge in [0.25, 0.3) is 0 Å². The molecule has 4 aromatic rings. The normalized spacial score (nSPS) is 20.5. The highest BCUT2D eigenvalue weighted by molar-refractivity contribution is 5.81. The molecule has 0 saturated carbocycles. The zero-order chi connectivity index (χ0) is 47.8. The zero-order valence-corrected chi connectivity index (χ0v) is 41.2. The number of esters is 2. The molecule has 0 bridgehead atoms. The number of benzene rings is 2. The van der Waals surface area contributed by atoms with Crippen LogP contribution in [0.3, 0.4) is 0 Å². The molecule has 8 heterocycles. The molecule has 0 amide bonds. The SMILES string of the molecule is COC(=O)C(c1ccccc1)N1CCC(=O)CC1.COC(=O)C(c1ccccc1)N1CCC(N2CCC(Cc3ccc4c(n3)NCCC4)CC2)CC1.c1cc2c(nc1CC1CCNCC1)NCCC2. The lowest BCUT2D eigenvalue weighted by atomic mass is 9.89. The molecule has 13 nitrogen and oxygen atoms in total. The molecule has 4 fully saturated rings. The lowest BCUT2D eigenvalue weighted by Crippen LogP contribution is -2.49. The molecule has 13 heteroatoms. The fourth-order valence-corrected chi connectivity index (χ4v) is 11.2. The minimum Gasteiger partial charge on any atom is -0.468 e. The molecular weight excluding hydrogens is 865 g/mol. The van der Waals surface area contributed by atoms with Gasteiger partial charge < -0.3 is 30.3 Å². The van der Waals surface area contributed by atoms with Crippen LogP contribution in [0.2, 0.25) is 0 Å². The van der Waals surface area contributed by atoms with E-state index in [-0.39, 0.29) is 23.8 Å². The predicted octanol–water partition coefficient (Wildman–Crippen LogP) is 7.62. The molecule has 2 aromatic carbocycles. The quantitative estimate of drug-likeness (QED) is 0.127. The van der Waals surface area contributed by atoms with E-state index in [4.69, 9.17) is 19.4 Å². The van der Waals surface area contributed by atoms with Crippen LogP contribution in [-0.4, -0.2) is 128 Å². The smallest absolute Gasteiger partial charge is 0.327 e. The number of carbonyl (C=O) groups excluding carboxylic acids is 3. The summed E-state index contributed by atoms with van der Waals surface area (Å²) in [6.45, 7) is 9.94. The van der Waals surface area contributed by atoms with Crippen LogP contribution in [0.4, 0.5) is 11.6 Å². The molecule has 370 valence electrons. The minimum absolute atomic E-state index is 0.156. The van der Waals surface area contributed by atoms with Crippen molar-refractivity contribution >= 4 is 29.4 Å². The van der Waals surface area contributed by atoms with Crippen molar-refractivity contribution in [2.45, 2.75) is 108 Å². The number of hydrogen-bond donors (Lipinski definition) is 3. The van der Waals surface area contributed by atoms with Gasteiger partial charge in [0, 0.05) is 69.5 Å². The molecule has 2 atom stereocenters. The van der Waals surface area contributed by atoms with Crippen molar-refractivity contribution in [1.82, 2.24) is 30.0 Å². The van der Waals surface area contributed by atoms with E-state index in [1.165, 1.54) is 108 Å². The van der Waals surface area contributed by atoms with Gasteiger partial charge in [-0.3, -0.25) is 14.6 Å². The third-order valence-corrected chi connectivity index (χ3v) is 15.2. The van der Waals surface area contributed by atoms with E-state index in [0.717, 1.165) is 92.9 Å². The first-order valence-electron chi connectivity index (χ1n) is 26.0. The summed E-state index contributed by atoms with van der Waals surface area (Å²) in [5, 5.41) is 10.3. The van der Waals surface area contributed by atoms with Crippen molar-refractivity contribution in [2.24, 2.45) is 11.8 Å². The molecule has 0 spiro atoms. The summed E-state index contributed by atoms with van der Waals surface area (Å²) in [5.74, 6) is 3.66. The van der Waals surface area contributed by atoms with E-state index in [9.17, 15) is 14.4 Å². The maximum atomic E-state index is 12.6. The molecule has 10 rings (SSSR count). The van der Waals surface area contributed by atoms with Crippen LogP contribution in [0.1, 0.15) is 110 Å². The number of nitrogens with zero attached hydrogens (tertiary/aromatic N) is 5. The predicted molar refractivity (Wildman–Crippen MR) is 272 cm³/mol. The number of ketones is 1. The average Bonchev–Trinajstić information content (AvgIpc) is 3.41. The number of fused-ring (bicyclic) bond motifs is 2. The summed E-state index contributed by atoms with van der Waals surface area (Å²) in [6.07, 6.45) is 15.4. The molecule has 3 N–H and O–H groups in total. The second kappa shape index (κ2) is 25.6. The van der Waals surface area contributed by atoms with E-state index in [2.05, 4.69) is 50.0 Å². The third-order valence-electron chi connectivity index (χ3n) is 15.2. The maximum Gasteiger partial charge on any atom is 0.327 e. The van der Waals surface area contributed by atoms with Gasteiger partial charge in [-0.05, 0) is 149 Å². The number of carbonyl (C=O) groups is 3. The Labute approximate surface area is 410 Å². The first-order valence-corrected chi connectivity index (χ1v) is 26.0. The number of piperidine rings is 4. The van der Waals surface area contributed by atoms with Gasteiger partial charge in [-0.25, -0.2) is 19.6 Å². The van der Waals surface area contributed by atoms with Gasteiger partial charge >= 0.3 is 11.9 Å². The molecule has 0 radical (unpaired) electrons. The summed E-state index contributed by atoms with van der Waals surface area (Å²) >= 11 is 0. The highest BCUT2D eigenvalue weighted by atomic mass is 16.5. The second-order valence-corrected chi connectivity index (χ2v) is 19.8. The van der Waals surface area contributed by atoms with Crippen LogP contribution in [-0.2, 0) is 49.5 Å². The van der Waals surface area contributed by atoms with Crippen LogP contribution in [0.15, 0.2) is 84.9 Å². The molecule has 4 saturated heterocycles. The van der Waals surface area contributed by atoms with Crippen molar-refractivity contribution in [2.75, 3.05) is 90.3 Å². The van der Waals surface area contributed by atoms with Crippen molar-refractivity contribution in [3.8, 4) is 0 Å². The molecular formula is C56H76N8O5.